The van der Waals surface area contributed by atoms with Gasteiger partial charge >= 0.3 is 28.4 Å². The Bertz CT molecular complexity index is 1310. The summed E-state index contributed by atoms with van der Waals surface area (Å²) in [6.45, 7) is 18.0. The van der Waals surface area contributed by atoms with Crippen molar-refractivity contribution >= 4 is 50.6 Å². The number of allylic oxidation sites excluding steroid dienone is 4. The summed E-state index contributed by atoms with van der Waals surface area (Å²) in [5.41, 5.74) is 4.60. The van der Waals surface area contributed by atoms with Crippen molar-refractivity contribution in [2.24, 2.45) is 0 Å². The SMILES string of the molecule is CC(C)(C)c1ccc2c(c1)[cH-]c1cc(C(C)(C)C)ccc12.CC(C)c1cc[c-]cc1.Cl.Cl.[C-]1=CC=CC1.[CH-]1CCCC1.[CH2]=[Zr]. The fourth-order valence-corrected chi connectivity index (χ4v) is 4.80. The molecule has 0 radical (unpaired) electrons. The monoisotopic (exact) mass is 706 g/mol. The van der Waals surface area contributed by atoms with Crippen LogP contribution in [0.4, 0.5) is 0 Å². The molecule has 0 amide bonds. The third kappa shape index (κ3) is 14.2. The zero-order valence-corrected chi connectivity index (χ0v) is 32.4. The van der Waals surface area contributed by atoms with Crippen molar-refractivity contribution in [3.63, 3.8) is 0 Å². The topological polar surface area (TPSA) is 0 Å². The van der Waals surface area contributed by atoms with Crippen LogP contribution < -0.4 is 0 Å². The maximum atomic E-state index is 3.34. The molecule has 0 spiro atoms. The summed E-state index contributed by atoms with van der Waals surface area (Å²) < 4.78 is 3.34. The standard InChI is InChI=1S/C21H25.C9H11.C5H9.C5H5.CH2.2ClH.Zr/c1-20(2,3)16-7-9-18-14(12-16)11-15-13-17(21(4,5)6)8-10-19(15)18;1-8(2)9-6-4-3-5-7-9;2*1-2-4-5-3-1;;;;/h7-13H,1-6H3;4-8H,1-2H3;1H,2-5H2;1-3H,4H2;1H2;2*1H;/q4*-1;;;;. The Balaban J connectivity index is 0.000000661. The summed E-state index contributed by atoms with van der Waals surface area (Å²) in [5, 5.41) is 5.48. The van der Waals surface area contributed by atoms with Crippen molar-refractivity contribution in [2.75, 3.05) is 0 Å². The van der Waals surface area contributed by atoms with Gasteiger partial charge in [-0.05, 0) is 16.7 Å². The number of fused-ring (bicyclic) bond motifs is 3. The van der Waals surface area contributed by atoms with Gasteiger partial charge in [-0.15, -0.1) is 71.0 Å². The van der Waals surface area contributed by atoms with Gasteiger partial charge in [0.05, 0.1) is 0 Å². The quantitative estimate of drug-likeness (QED) is 0.173. The predicted octanol–water partition coefficient (Wildman–Crippen LogP) is 12.8. The Morgan fingerprint density at radius 3 is 1.50 bits per heavy atom. The van der Waals surface area contributed by atoms with E-state index >= 15 is 0 Å². The number of benzene rings is 3. The molecule has 0 nitrogen and oxygen atoms in total. The van der Waals surface area contributed by atoms with Crippen LogP contribution in [0.15, 0.2) is 85.0 Å². The first-order chi connectivity index (χ1) is 20.0. The second-order valence-corrected chi connectivity index (χ2v) is 13.3. The number of rotatable bonds is 1. The Kier molecular flexibility index (Phi) is 20.4. The normalized spacial score (nSPS) is 13.2. The van der Waals surface area contributed by atoms with Crippen LogP contribution in [-0.2, 0) is 35.1 Å². The fourth-order valence-electron chi connectivity index (χ4n) is 4.80. The Hall–Kier alpha value is -1.66. The average molecular weight is 709 g/mol. The van der Waals surface area contributed by atoms with Gasteiger partial charge < -0.3 is 6.42 Å². The molecule has 0 bridgehead atoms. The predicted molar refractivity (Wildman–Crippen MR) is 200 cm³/mol. The molecule has 0 saturated heterocycles. The van der Waals surface area contributed by atoms with E-state index in [1.54, 1.807) is 0 Å². The van der Waals surface area contributed by atoms with Crippen molar-refractivity contribution in [3.8, 4) is 0 Å². The molecule has 240 valence electrons. The molecule has 44 heavy (non-hydrogen) atoms. The molecule has 6 rings (SSSR count). The summed E-state index contributed by atoms with van der Waals surface area (Å²) >= 11 is 1.30. The van der Waals surface area contributed by atoms with Crippen LogP contribution in [0.1, 0.15) is 110 Å². The average Bonchev–Trinajstić information content (AvgIpc) is 3.77. The molecule has 4 aromatic rings. The minimum atomic E-state index is 0. The molecule has 0 N–H and O–H groups in total. The van der Waals surface area contributed by atoms with Gasteiger partial charge in [0.25, 0.3) is 0 Å². The van der Waals surface area contributed by atoms with E-state index in [2.05, 4.69) is 139 Å². The maximum absolute atomic E-state index is 3.34. The summed E-state index contributed by atoms with van der Waals surface area (Å²) in [4.78, 5) is 0. The minimum absolute atomic E-state index is 0. The van der Waals surface area contributed by atoms with Gasteiger partial charge in [0, 0.05) is 0 Å². The van der Waals surface area contributed by atoms with Gasteiger partial charge in [0.15, 0.2) is 0 Å². The van der Waals surface area contributed by atoms with Crippen LogP contribution in [0.3, 0.4) is 0 Å². The van der Waals surface area contributed by atoms with E-state index in [1.807, 2.05) is 24.3 Å². The molecule has 2 aliphatic rings. The van der Waals surface area contributed by atoms with Crippen LogP contribution in [0.5, 0.6) is 0 Å². The summed E-state index contributed by atoms with van der Waals surface area (Å²) in [5.74, 6) is 0.639. The Labute approximate surface area is 297 Å². The van der Waals surface area contributed by atoms with E-state index in [9.17, 15) is 0 Å². The van der Waals surface area contributed by atoms with Crippen LogP contribution in [0.2, 0.25) is 0 Å². The van der Waals surface area contributed by atoms with Gasteiger partial charge in [-0.1, -0.05) is 104 Å². The Morgan fingerprint density at radius 2 is 1.23 bits per heavy atom. The van der Waals surface area contributed by atoms with E-state index in [-0.39, 0.29) is 35.6 Å². The van der Waals surface area contributed by atoms with E-state index in [1.165, 1.54) is 88.2 Å². The van der Waals surface area contributed by atoms with Crippen molar-refractivity contribution in [1.29, 1.82) is 0 Å². The van der Waals surface area contributed by atoms with Crippen molar-refractivity contribution in [2.45, 2.75) is 104 Å². The number of hydrogen-bond acceptors (Lipinski definition) is 0. The second-order valence-electron chi connectivity index (χ2n) is 13.3. The van der Waals surface area contributed by atoms with Gasteiger partial charge in [-0.25, -0.2) is 12.2 Å². The van der Waals surface area contributed by atoms with Crippen molar-refractivity contribution < 1.29 is 24.2 Å². The first-order valence-electron chi connectivity index (χ1n) is 15.5. The van der Waals surface area contributed by atoms with Gasteiger partial charge in [0.1, 0.15) is 0 Å². The van der Waals surface area contributed by atoms with E-state index in [4.69, 9.17) is 0 Å². The molecule has 4 aromatic carbocycles. The molecule has 2 aliphatic carbocycles. The molecule has 3 heteroatoms. The zero-order chi connectivity index (χ0) is 31.2. The molecule has 1 saturated carbocycles. The van der Waals surface area contributed by atoms with E-state index < -0.39 is 0 Å². The number of halogens is 2. The zero-order valence-electron chi connectivity index (χ0n) is 28.3. The molecule has 0 aliphatic heterocycles. The van der Waals surface area contributed by atoms with Crippen LogP contribution in [0.25, 0.3) is 21.5 Å². The summed E-state index contributed by atoms with van der Waals surface area (Å²) in [6, 6.07) is 27.3. The summed E-state index contributed by atoms with van der Waals surface area (Å²) in [6.07, 6.45) is 18.0. The van der Waals surface area contributed by atoms with Gasteiger partial charge in [-0.2, -0.15) is 54.8 Å². The molecule has 0 unspecified atom stereocenters. The summed E-state index contributed by atoms with van der Waals surface area (Å²) in [7, 11) is 0. The third-order valence-corrected chi connectivity index (χ3v) is 7.50. The number of hydrogen-bond donors (Lipinski definition) is 0. The van der Waals surface area contributed by atoms with Crippen molar-refractivity contribution in [3.05, 3.63) is 120 Å². The van der Waals surface area contributed by atoms with Crippen LogP contribution >= 0.6 is 24.8 Å². The molecular formula is C41H54Cl2Zr-4. The fraction of sp³-hybridized carbons (Fsp3) is 0.390. The first kappa shape index (κ1) is 42.3. The van der Waals surface area contributed by atoms with Crippen molar-refractivity contribution in [1.82, 2.24) is 0 Å². The van der Waals surface area contributed by atoms with Gasteiger partial charge in [-0.3, -0.25) is 6.08 Å². The molecule has 1 fully saturated rings. The Morgan fingerprint density at radius 1 is 0.750 bits per heavy atom. The van der Waals surface area contributed by atoms with Crippen LogP contribution in [-0.4, -0.2) is 4.21 Å². The third-order valence-electron chi connectivity index (χ3n) is 7.50. The van der Waals surface area contributed by atoms with Crippen LogP contribution in [0, 0.1) is 18.6 Å². The molecule has 0 aromatic heterocycles. The van der Waals surface area contributed by atoms with E-state index in [0.717, 1.165) is 6.42 Å². The first-order valence-corrected chi connectivity index (χ1v) is 17.2. The molecular weight excluding hydrogens is 655 g/mol. The van der Waals surface area contributed by atoms with E-state index in [0.29, 0.717) is 5.92 Å². The molecule has 0 heterocycles. The van der Waals surface area contributed by atoms with Gasteiger partial charge in [0.2, 0.25) is 0 Å². The second kappa shape index (κ2) is 21.2. The molecule has 0 atom stereocenters.